The molecule has 2 aromatic rings. The fourth-order valence-corrected chi connectivity index (χ4v) is 1.83. The summed E-state index contributed by atoms with van der Waals surface area (Å²) in [6.45, 7) is 0.745. The maximum Gasteiger partial charge on any atom is 0.0681 e. The Labute approximate surface area is 111 Å². The smallest absolute Gasteiger partial charge is 0.0681 e. The van der Waals surface area contributed by atoms with Gasteiger partial charge in [0.1, 0.15) is 0 Å². The second-order valence-corrected chi connectivity index (χ2v) is 4.50. The first-order valence-corrected chi connectivity index (χ1v) is 6.04. The minimum absolute atomic E-state index is 0.0673. The van der Waals surface area contributed by atoms with E-state index in [9.17, 15) is 0 Å². The summed E-state index contributed by atoms with van der Waals surface area (Å²) in [7, 11) is 0. The van der Waals surface area contributed by atoms with Crippen LogP contribution in [0.5, 0.6) is 0 Å². The van der Waals surface area contributed by atoms with Gasteiger partial charge >= 0.3 is 0 Å². The van der Waals surface area contributed by atoms with Gasteiger partial charge < -0.3 is 16.2 Å². The first kappa shape index (κ1) is 12.7. The predicted octanol–water partition coefficient (Wildman–Crippen LogP) is 3.03. The number of aliphatic hydroxyl groups is 1. The van der Waals surface area contributed by atoms with E-state index >= 15 is 0 Å². The van der Waals surface area contributed by atoms with Crippen LogP contribution in [0.15, 0.2) is 42.5 Å². The Kier molecular flexibility index (Phi) is 4.07. The van der Waals surface area contributed by atoms with Crippen molar-refractivity contribution in [2.45, 2.75) is 13.2 Å². The zero-order valence-electron chi connectivity index (χ0n) is 9.86. The van der Waals surface area contributed by atoms with E-state index in [0.29, 0.717) is 17.3 Å². The SMILES string of the molecule is Nc1cc(Cl)ccc1NCc1ccc(CO)cc1. The highest BCUT2D eigenvalue weighted by Crippen LogP contribution is 2.23. The van der Waals surface area contributed by atoms with Gasteiger partial charge in [-0.1, -0.05) is 35.9 Å². The van der Waals surface area contributed by atoms with Crippen molar-refractivity contribution in [1.82, 2.24) is 0 Å². The third-order valence-electron chi connectivity index (χ3n) is 2.70. The molecule has 2 aromatic carbocycles. The molecule has 0 unspecified atom stereocenters. The number of nitrogens with one attached hydrogen (secondary N) is 1. The van der Waals surface area contributed by atoms with Gasteiger partial charge in [-0.15, -0.1) is 0 Å². The molecule has 18 heavy (non-hydrogen) atoms. The highest BCUT2D eigenvalue weighted by atomic mass is 35.5. The molecule has 94 valence electrons. The van der Waals surface area contributed by atoms with Crippen LogP contribution in [0.3, 0.4) is 0 Å². The molecule has 0 heterocycles. The van der Waals surface area contributed by atoms with Gasteiger partial charge in [-0.2, -0.15) is 0 Å². The Bertz CT molecular complexity index is 526. The molecule has 0 fully saturated rings. The number of hydrogen-bond acceptors (Lipinski definition) is 3. The Morgan fingerprint density at radius 3 is 2.33 bits per heavy atom. The third-order valence-corrected chi connectivity index (χ3v) is 2.94. The van der Waals surface area contributed by atoms with Crippen LogP contribution in [0.4, 0.5) is 11.4 Å². The maximum absolute atomic E-state index is 8.95. The van der Waals surface area contributed by atoms with Crippen molar-refractivity contribution in [2.24, 2.45) is 0 Å². The molecule has 4 N–H and O–H groups in total. The fourth-order valence-electron chi connectivity index (χ4n) is 1.65. The van der Waals surface area contributed by atoms with Crippen LogP contribution in [0, 0.1) is 0 Å². The summed E-state index contributed by atoms with van der Waals surface area (Å²) in [5.74, 6) is 0. The molecule has 0 atom stereocenters. The number of aliphatic hydroxyl groups excluding tert-OH is 1. The molecule has 0 aliphatic heterocycles. The lowest BCUT2D eigenvalue weighted by atomic mass is 10.1. The summed E-state index contributed by atoms with van der Waals surface area (Å²) < 4.78 is 0. The van der Waals surface area contributed by atoms with Crippen LogP contribution in [0.25, 0.3) is 0 Å². The molecule has 4 heteroatoms. The molecule has 0 bridgehead atoms. The summed E-state index contributed by atoms with van der Waals surface area (Å²) in [5.41, 5.74) is 9.38. The van der Waals surface area contributed by atoms with Crippen molar-refractivity contribution in [2.75, 3.05) is 11.1 Å². The fraction of sp³-hybridized carbons (Fsp3) is 0.143. The summed E-state index contributed by atoms with van der Waals surface area (Å²) in [6.07, 6.45) is 0. The largest absolute Gasteiger partial charge is 0.397 e. The minimum atomic E-state index is 0.0673. The van der Waals surface area contributed by atoms with E-state index in [1.807, 2.05) is 30.3 Å². The molecule has 3 nitrogen and oxygen atoms in total. The van der Waals surface area contributed by atoms with E-state index < -0.39 is 0 Å². The van der Waals surface area contributed by atoms with E-state index in [1.54, 1.807) is 12.1 Å². The Balaban J connectivity index is 2.02. The van der Waals surface area contributed by atoms with Crippen molar-refractivity contribution in [3.05, 3.63) is 58.6 Å². The van der Waals surface area contributed by atoms with Gasteiger partial charge in [0.15, 0.2) is 0 Å². The van der Waals surface area contributed by atoms with Gasteiger partial charge in [0, 0.05) is 11.6 Å². The van der Waals surface area contributed by atoms with Gasteiger partial charge in [0.2, 0.25) is 0 Å². The predicted molar refractivity (Wildman–Crippen MR) is 75.6 cm³/mol. The first-order chi connectivity index (χ1) is 8.69. The summed E-state index contributed by atoms with van der Waals surface area (Å²) >= 11 is 5.84. The first-order valence-electron chi connectivity index (χ1n) is 5.66. The van der Waals surface area contributed by atoms with Gasteiger partial charge in [-0.3, -0.25) is 0 Å². The van der Waals surface area contributed by atoms with Gasteiger partial charge in [0.25, 0.3) is 0 Å². The second kappa shape index (κ2) is 5.76. The highest BCUT2D eigenvalue weighted by molar-refractivity contribution is 6.31. The molecule has 0 aliphatic carbocycles. The topological polar surface area (TPSA) is 58.3 Å². The van der Waals surface area contributed by atoms with Gasteiger partial charge in [-0.25, -0.2) is 0 Å². The molecular formula is C14H15ClN2O. The number of hydrogen-bond donors (Lipinski definition) is 3. The monoisotopic (exact) mass is 262 g/mol. The highest BCUT2D eigenvalue weighted by Gasteiger charge is 2.00. The number of anilines is 2. The minimum Gasteiger partial charge on any atom is -0.397 e. The third kappa shape index (κ3) is 3.15. The molecule has 0 saturated carbocycles. The molecule has 0 aromatic heterocycles. The number of halogens is 1. The maximum atomic E-state index is 8.95. The van der Waals surface area contributed by atoms with Crippen molar-refractivity contribution in [1.29, 1.82) is 0 Å². The number of benzene rings is 2. The van der Waals surface area contributed by atoms with Crippen LogP contribution in [0.2, 0.25) is 5.02 Å². The Hall–Kier alpha value is -1.71. The Morgan fingerprint density at radius 1 is 1.06 bits per heavy atom. The average molecular weight is 263 g/mol. The molecule has 0 spiro atoms. The van der Waals surface area contributed by atoms with E-state index in [1.165, 1.54) is 0 Å². The van der Waals surface area contributed by atoms with Crippen molar-refractivity contribution >= 4 is 23.0 Å². The summed E-state index contributed by atoms with van der Waals surface area (Å²) in [4.78, 5) is 0. The van der Waals surface area contributed by atoms with Gasteiger partial charge in [0.05, 0.1) is 18.0 Å². The lowest BCUT2D eigenvalue weighted by Gasteiger charge is -2.10. The van der Waals surface area contributed by atoms with Crippen LogP contribution >= 0.6 is 11.6 Å². The normalized spacial score (nSPS) is 10.3. The van der Waals surface area contributed by atoms with Gasteiger partial charge in [-0.05, 0) is 29.3 Å². The molecule has 0 saturated heterocycles. The van der Waals surface area contributed by atoms with E-state index in [0.717, 1.165) is 16.8 Å². The van der Waals surface area contributed by atoms with E-state index in [2.05, 4.69) is 5.32 Å². The standard InChI is InChI=1S/C14H15ClN2O/c15-12-5-6-14(13(16)7-12)17-8-10-1-3-11(9-18)4-2-10/h1-7,17-18H,8-9,16H2. The molecule has 2 rings (SSSR count). The molecule has 0 aliphatic rings. The Morgan fingerprint density at radius 2 is 1.72 bits per heavy atom. The molecule has 0 radical (unpaired) electrons. The van der Waals surface area contributed by atoms with Crippen LogP contribution < -0.4 is 11.1 Å². The van der Waals surface area contributed by atoms with Crippen LogP contribution in [0.1, 0.15) is 11.1 Å². The zero-order valence-corrected chi connectivity index (χ0v) is 10.6. The lowest BCUT2D eigenvalue weighted by molar-refractivity contribution is 0.282. The van der Waals surface area contributed by atoms with Crippen molar-refractivity contribution in [3.8, 4) is 0 Å². The molecular weight excluding hydrogens is 248 g/mol. The van der Waals surface area contributed by atoms with Crippen molar-refractivity contribution < 1.29 is 5.11 Å². The number of nitrogen functional groups attached to an aromatic ring is 1. The second-order valence-electron chi connectivity index (χ2n) is 4.06. The average Bonchev–Trinajstić information content (AvgIpc) is 2.38. The summed E-state index contributed by atoms with van der Waals surface area (Å²) in [5, 5.41) is 12.8. The number of rotatable bonds is 4. The van der Waals surface area contributed by atoms with Crippen LogP contribution in [-0.4, -0.2) is 5.11 Å². The van der Waals surface area contributed by atoms with E-state index in [-0.39, 0.29) is 6.61 Å². The number of nitrogens with two attached hydrogens (primary N) is 1. The lowest BCUT2D eigenvalue weighted by Crippen LogP contribution is -2.02. The van der Waals surface area contributed by atoms with Crippen LogP contribution in [-0.2, 0) is 13.2 Å². The van der Waals surface area contributed by atoms with E-state index in [4.69, 9.17) is 22.4 Å². The summed E-state index contributed by atoms with van der Waals surface area (Å²) in [6, 6.07) is 13.1. The van der Waals surface area contributed by atoms with Crippen molar-refractivity contribution in [3.63, 3.8) is 0 Å². The zero-order chi connectivity index (χ0) is 13.0. The molecule has 0 amide bonds. The quantitative estimate of drug-likeness (QED) is 0.743.